The van der Waals surface area contributed by atoms with Crippen LogP contribution in [0.5, 0.6) is 0 Å². The number of aliphatic imine (C=N–C) groups is 1. The van der Waals surface area contributed by atoms with E-state index in [1.165, 1.54) is 56.6 Å². The van der Waals surface area contributed by atoms with Gasteiger partial charge in [0.05, 0.1) is 12.3 Å². The normalized spacial score (nSPS) is 16.1. The van der Waals surface area contributed by atoms with Gasteiger partial charge in [0, 0.05) is 25.4 Å². The largest absolute Gasteiger partial charge is 0.357 e. The van der Waals surface area contributed by atoms with Gasteiger partial charge in [0.25, 0.3) is 0 Å². The van der Waals surface area contributed by atoms with Gasteiger partial charge >= 0.3 is 0 Å². The van der Waals surface area contributed by atoms with Crippen LogP contribution in [0.25, 0.3) is 0 Å². The fraction of sp³-hybridized carbons (Fsp3) is 0.682. The average molecular weight is 441 g/mol. The standard InChI is InChI=1S/C22H37FN4O2S/c1-4-24-22(25-13-8-14-27(2)21-9-6-5-7-10-21)26-16-19-15-20(23)12-11-18(19)17-30(3,28)29/h11-12,15,21H,4-10,13-14,16-17H2,1-3H3,(H2,24,25,26). The van der Waals surface area contributed by atoms with Crippen molar-refractivity contribution in [3.8, 4) is 0 Å². The Hall–Kier alpha value is -1.67. The minimum Gasteiger partial charge on any atom is -0.357 e. The minimum absolute atomic E-state index is 0.115. The summed E-state index contributed by atoms with van der Waals surface area (Å²) in [6.07, 6.45) is 8.84. The van der Waals surface area contributed by atoms with E-state index < -0.39 is 9.84 Å². The van der Waals surface area contributed by atoms with E-state index >= 15 is 0 Å². The molecule has 0 bridgehead atoms. The molecular weight excluding hydrogens is 403 g/mol. The van der Waals surface area contributed by atoms with Crippen LogP contribution in [0.3, 0.4) is 0 Å². The highest BCUT2D eigenvalue weighted by atomic mass is 32.2. The predicted molar refractivity (Wildman–Crippen MR) is 122 cm³/mol. The number of guanidine groups is 1. The van der Waals surface area contributed by atoms with E-state index in [4.69, 9.17) is 0 Å². The lowest BCUT2D eigenvalue weighted by Crippen LogP contribution is -2.39. The maximum absolute atomic E-state index is 13.7. The van der Waals surface area contributed by atoms with Gasteiger partial charge in [-0.1, -0.05) is 25.3 Å². The van der Waals surface area contributed by atoms with Crippen LogP contribution in [0.2, 0.25) is 0 Å². The number of sulfone groups is 1. The molecule has 1 aliphatic rings. The zero-order chi connectivity index (χ0) is 22.0. The lowest BCUT2D eigenvalue weighted by molar-refractivity contribution is 0.190. The predicted octanol–water partition coefficient (Wildman–Crippen LogP) is 3.08. The summed E-state index contributed by atoms with van der Waals surface area (Å²) in [5.74, 6) is 0.156. The van der Waals surface area contributed by atoms with Gasteiger partial charge in [-0.15, -0.1) is 0 Å². The summed E-state index contributed by atoms with van der Waals surface area (Å²) < 4.78 is 37.0. The van der Waals surface area contributed by atoms with E-state index in [0.29, 0.717) is 29.7 Å². The first-order valence-electron chi connectivity index (χ1n) is 11.0. The first-order chi connectivity index (χ1) is 14.3. The van der Waals surface area contributed by atoms with Crippen LogP contribution in [-0.4, -0.2) is 58.3 Å². The molecule has 1 aromatic carbocycles. The van der Waals surface area contributed by atoms with Gasteiger partial charge in [-0.25, -0.2) is 17.8 Å². The fourth-order valence-electron chi connectivity index (χ4n) is 3.91. The third-order valence-electron chi connectivity index (χ3n) is 5.52. The molecule has 0 spiro atoms. The zero-order valence-electron chi connectivity index (χ0n) is 18.6. The number of benzene rings is 1. The lowest BCUT2D eigenvalue weighted by Gasteiger charge is -2.31. The topological polar surface area (TPSA) is 73.8 Å². The van der Waals surface area contributed by atoms with Gasteiger partial charge in [-0.3, -0.25) is 0 Å². The molecule has 0 amide bonds. The molecule has 0 heterocycles. The van der Waals surface area contributed by atoms with Crippen molar-refractivity contribution in [3.63, 3.8) is 0 Å². The highest BCUT2D eigenvalue weighted by molar-refractivity contribution is 7.89. The first kappa shape index (κ1) is 24.6. The van der Waals surface area contributed by atoms with Crippen molar-refractivity contribution in [2.24, 2.45) is 4.99 Å². The number of rotatable bonds is 10. The minimum atomic E-state index is -3.20. The second kappa shape index (κ2) is 12.2. The van der Waals surface area contributed by atoms with Crippen molar-refractivity contribution in [3.05, 3.63) is 35.1 Å². The molecular formula is C22H37FN4O2S. The average Bonchev–Trinajstić information content (AvgIpc) is 2.70. The Labute approximate surface area is 181 Å². The van der Waals surface area contributed by atoms with Gasteiger partial charge in [0.1, 0.15) is 5.82 Å². The Morgan fingerprint density at radius 1 is 1.20 bits per heavy atom. The lowest BCUT2D eigenvalue weighted by atomic mass is 9.94. The summed E-state index contributed by atoms with van der Waals surface area (Å²) in [6, 6.07) is 4.90. The van der Waals surface area contributed by atoms with E-state index in [1.807, 2.05) is 6.92 Å². The summed E-state index contributed by atoms with van der Waals surface area (Å²) in [5.41, 5.74) is 1.18. The summed E-state index contributed by atoms with van der Waals surface area (Å²) in [4.78, 5) is 7.01. The second-order valence-corrected chi connectivity index (χ2v) is 10.4. The Balaban J connectivity index is 1.90. The third-order valence-corrected chi connectivity index (χ3v) is 6.35. The molecule has 8 heteroatoms. The van der Waals surface area contributed by atoms with Gasteiger partial charge in [0.2, 0.25) is 0 Å². The number of hydrogen-bond acceptors (Lipinski definition) is 4. The van der Waals surface area contributed by atoms with Crippen molar-refractivity contribution in [2.45, 2.75) is 63.8 Å². The van der Waals surface area contributed by atoms with Gasteiger partial charge in [-0.2, -0.15) is 0 Å². The molecule has 0 unspecified atom stereocenters. The van der Waals surface area contributed by atoms with E-state index in [9.17, 15) is 12.8 Å². The van der Waals surface area contributed by atoms with Crippen molar-refractivity contribution >= 4 is 15.8 Å². The molecule has 0 saturated heterocycles. The Bertz CT molecular complexity index is 792. The van der Waals surface area contributed by atoms with Crippen LogP contribution in [0.1, 0.15) is 56.6 Å². The maximum atomic E-state index is 13.7. The molecule has 1 saturated carbocycles. The maximum Gasteiger partial charge on any atom is 0.191 e. The van der Waals surface area contributed by atoms with Crippen LogP contribution in [0, 0.1) is 5.82 Å². The van der Waals surface area contributed by atoms with Gasteiger partial charge in [0.15, 0.2) is 15.8 Å². The van der Waals surface area contributed by atoms with Crippen LogP contribution in [0.4, 0.5) is 4.39 Å². The number of hydrogen-bond donors (Lipinski definition) is 2. The molecule has 30 heavy (non-hydrogen) atoms. The molecule has 170 valence electrons. The molecule has 2 N–H and O–H groups in total. The highest BCUT2D eigenvalue weighted by Gasteiger charge is 2.17. The second-order valence-electron chi connectivity index (χ2n) is 8.23. The zero-order valence-corrected chi connectivity index (χ0v) is 19.4. The summed E-state index contributed by atoms with van der Waals surface area (Å²) >= 11 is 0. The Morgan fingerprint density at radius 2 is 1.93 bits per heavy atom. The smallest absolute Gasteiger partial charge is 0.191 e. The van der Waals surface area contributed by atoms with E-state index in [2.05, 4.69) is 27.6 Å². The van der Waals surface area contributed by atoms with Crippen molar-refractivity contribution in [1.29, 1.82) is 0 Å². The Kier molecular flexibility index (Phi) is 10.0. The molecule has 2 rings (SSSR count). The van der Waals surface area contributed by atoms with Crippen LogP contribution >= 0.6 is 0 Å². The van der Waals surface area contributed by atoms with Crippen LogP contribution < -0.4 is 10.6 Å². The highest BCUT2D eigenvalue weighted by Crippen LogP contribution is 2.21. The van der Waals surface area contributed by atoms with Crippen LogP contribution in [-0.2, 0) is 22.1 Å². The van der Waals surface area contributed by atoms with Crippen molar-refractivity contribution < 1.29 is 12.8 Å². The molecule has 1 aromatic rings. The SMILES string of the molecule is CCNC(=NCc1cc(F)ccc1CS(C)(=O)=O)NCCCN(C)C1CCCCC1. The molecule has 1 fully saturated rings. The van der Waals surface area contributed by atoms with Gasteiger partial charge < -0.3 is 15.5 Å². The molecule has 0 aliphatic heterocycles. The molecule has 1 aliphatic carbocycles. The van der Waals surface area contributed by atoms with E-state index in [0.717, 1.165) is 19.5 Å². The number of nitrogens with one attached hydrogen (secondary N) is 2. The van der Waals surface area contributed by atoms with E-state index in [-0.39, 0.29) is 18.1 Å². The molecule has 0 radical (unpaired) electrons. The fourth-order valence-corrected chi connectivity index (χ4v) is 4.76. The molecule has 0 atom stereocenters. The van der Waals surface area contributed by atoms with Crippen molar-refractivity contribution in [2.75, 3.05) is 32.9 Å². The summed E-state index contributed by atoms with van der Waals surface area (Å²) in [5, 5.41) is 6.53. The number of halogens is 1. The Morgan fingerprint density at radius 3 is 2.60 bits per heavy atom. The monoisotopic (exact) mass is 440 g/mol. The van der Waals surface area contributed by atoms with Crippen LogP contribution in [0.15, 0.2) is 23.2 Å². The third kappa shape index (κ3) is 9.00. The van der Waals surface area contributed by atoms with Gasteiger partial charge in [-0.05, 0) is 63.0 Å². The number of nitrogens with zero attached hydrogens (tertiary/aromatic N) is 2. The summed E-state index contributed by atoms with van der Waals surface area (Å²) in [7, 11) is -0.992. The van der Waals surface area contributed by atoms with E-state index in [1.54, 1.807) is 0 Å². The quantitative estimate of drug-likeness (QED) is 0.332. The first-order valence-corrected chi connectivity index (χ1v) is 13.0. The summed E-state index contributed by atoms with van der Waals surface area (Å²) in [6.45, 7) is 4.76. The molecule has 6 nitrogen and oxygen atoms in total. The molecule has 0 aromatic heterocycles. The van der Waals surface area contributed by atoms with Crippen molar-refractivity contribution in [1.82, 2.24) is 15.5 Å².